The van der Waals surface area contributed by atoms with Gasteiger partial charge in [0.1, 0.15) is 0 Å². The Labute approximate surface area is 146 Å². The highest BCUT2D eigenvalue weighted by molar-refractivity contribution is 6.30. The molecule has 0 aliphatic carbocycles. The quantitative estimate of drug-likeness (QED) is 0.924. The zero-order valence-corrected chi connectivity index (χ0v) is 14.1. The third-order valence-corrected chi connectivity index (χ3v) is 4.41. The number of rotatable bonds is 4. The van der Waals surface area contributed by atoms with Crippen molar-refractivity contribution in [2.24, 2.45) is 0 Å². The van der Waals surface area contributed by atoms with Crippen LogP contribution in [0, 0.1) is 0 Å². The molecule has 2 amide bonds. The number of hydrogen-bond acceptors (Lipinski definition) is 2. The summed E-state index contributed by atoms with van der Waals surface area (Å²) in [6.45, 7) is 2.08. The summed E-state index contributed by atoms with van der Waals surface area (Å²) in [7, 11) is 0. The molecule has 0 unspecified atom stereocenters. The predicted octanol–water partition coefficient (Wildman–Crippen LogP) is 3.51. The van der Waals surface area contributed by atoms with Crippen molar-refractivity contribution in [2.45, 2.75) is 19.4 Å². The number of halogens is 1. The fraction of sp³-hybridized carbons (Fsp3) is 0.263. The average Bonchev–Trinajstić information content (AvgIpc) is 3.15. The van der Waals surface area contributed by atoms with Gasteiger partial charge in [-0.3, -0.25) is 9.59 Å². The van der Waals surface area contributed by atoms with Crippen molar-refractivity contribution in [3.63, 3.8) is 0 Å². The summed E-state index contributed by atoms with van der Waals surface area (Å²) >= 11 is 5.84. The van der Waals surface area contributed by atoms with E-state index >= 15 is 0 Å². The first-order valence-electron chi connectivity index (χ1n) is 8.05. The van der Waals surface area contributed by atoms with Crippen LogP contribution in [0.1, 0.15) is 39.1 Å². The molecule has 1 fully saturated rings. The van der Waals surface area contributed by atoms with Gasteiger partial charge < -0.3 is 10.2 Å². The van der Waals surface area contributed by atoms with Gasteiger partial charge in [-0.15, -0.1) is 0 Å². The van der Waals surface area contributed by atoms with Crippen molar-refractivity contribution in [2.75, 3.05) is 13.1 Å². The second-order valence-corrected chi connectivity index (χ2v) is 6.32. The number of hydrogen-bond donors (Lipinski definition) is 1. The standard InChI is InChI=1S/C19H19ClN2O2/c20-17-9-3-14(4-10-17)13-21-18(23)15-5-7-16(8-6-15)19(24)22-11-1-2-12-22/h3-10H,1-2,11-13H2,(H,21,23). The molecule has 0 bridgehead atoms. The summed E-state index contributed by atoms with van der Waals surface area (Å²) in [5.41, 5.74) is 2.15. The number of nitrogens with zero attached hydrogens (tertiary/aromatic N) is 1. The van der Waals surface area contributed by atoms with Crippen LogP contribution in [0.15, 0.2) is 48.5 Å². The highest BCUT2D eigenvalue weighted by Crippen LogP contribution is 2.14. The molecule has 1 N–H and O–H groups in total. The van der Waals surface area contributed by atoms with Gasteiger partial charge in [0, 0.05) is 35.8 Å². The molecule has 0 spiro atoms. The maximum atomic E-state index is 12.3. The minimum atomic E-state index is -0.162. The fourth-order valence-corrected chi connectivity index (χ4v) is 2.88. The lowest BCUT2D eigenvalue weighted by Gasteiger charge is -2.15. The van der Waals surface area contributed by atoms with Crippen LogP contribution in [0.2, 0.25) is 5.02 Å². The summed E-state index contributed by atoms with van der Waals surface area (Å²) in [5.74, 6) is -0.120. The van der Waals surface area contributed by atoms with Crippen LogP contribution >= 0.6 is 11.6 Å². The highest BCUT2D eigenvalue weighted by Gasteiger charge is 2.19. The predicted molar refractivity (Wildman–Crippen MR) is 94.2 cm³/mol. The summed E-state index contributed by atoms with van der Waals surface area (Å²) in [6, 6.07) is 14.2. The van der Waals surface area contributed by atoms with Crippen LogP contribution in [0.4, 0.5) is 0 Å². The van der Waals surface area contributed by atoms with E-state index in [1.807, 2.05) is 17.0 Å². The van der Waals surface area contributed by atoms with Crippen LogP contribution in [-0.4, -0.2) is 29.8 Å². The van der Waals surface area contributed by atoms with Gasteiger partial charge in [0.05, 0.1) is 0 Å². The lowest BCUT2D eigenvalue weighted by molar-refractivity contribution is 0.0792. The van der Waals surface area contributed by atoms with Crippen molar-refractivity contribution in [3.05, 3.63) is 70.2 Å². The van der Waals surface area contributed by atoms with Crippen molar-refractivity contribution in [1.82, 2.24) is 10.2 Å². The number of likely N-dealkylation sites (tertiary alicyclic amines) is 1. The Morgan fingerprint density at radius 2 is 1.50 bits per heavy atom. The van der Waals surface area contributed by atoms with Crippen molar-refractivity contribution in [1.29, 1.82) is 0 Å². The van der Waals surface area contributed by atoms with Gasteiger partial charge in [0.2, 0.25) is 0 Å². The lowest BCUT2D eigenvalue weighted by Crippen LogP contribution is -2.27. The number of benzene rings is 2. The number of carbonyl (C=O) groups excluding carboxylic acids is 2. The van der Waals surface area contributed by atoms with E-state index < -0.39 is 0 Å². The summed E-state index contributed by atoms with van der Waals surface area (Å²) in [5, 5.41) is 3.53. The molecule has 0 atom stereocenters. The molecule has 0 saturated carbocycles. The number of nitrogens with one attached hydrogen (secondary N) is 1. The normalized spacial score (nSPS) is 13.8. The molecular formula is C19H19ClN2O2. The Morgan fingerprint density at radius 3 is 2.12 bits per heavy atom. The molecule has 0 radical (unpaired) electrons. The van der Waals surface area contributed by atoms with Crippen molar-refractivity contribution in [3.8, 4) is 0 Å². The third-order valence-electron chi connectivity index (χ3n) is 4.15. The lowest BCUT2D eigenvalue weighted by atomic mass is 10.1. The Kier molecular flexibility index (Phi) is 5.16. The largest absolute Gasteiger partial charge is 0.348 e. The van der Waals surface area contributed by atoms with E-state index in [-0.39, 0.29) is 11.8 Å². The van der Waals surface area contributed by atoms with Crippen LogP contribution < -0.4 is 5.32 Å². The first-order chi connectivity index (χ1) is 11.6. The first kappa shape index (κ1) is 16.5. The molecule has 1 heterocycles. The van der Waals surface area contributed by atoms with E-state index in [9.17, 15) is 9.59 Å². The molecule has 2 aromatic rings. The summed E-state index contributed by atoms with van der Waals surface area (Å²) in [4.78, 5) is 26.3. The first-order valence-corrected chi connectivity index (χ1v) is 8.43. The minimum absolute atomic E-state index is 0.0422. The maximum absolute atomic E-state index is 12.3. The highest BCUT2D eigenvalue weighted by atomic mass is 35.5. The second kappa shape index (κ2) is 7.49. The van der Waals surface area contributed by atoms with E-state index in [4.69, 9.17) is 11.6 Å². The minimum Gasteiger partial charge on any atom is -0.348 e. The van der Waals surface area contributed by atoms with E-state index in [2.05, 4.69) is 5.32 Å². The SMILES string of the molecule is O=C(NCc1ccc(Cl)cc1)c1ccc(C(=O)N2CCCC2)cc1. The van der Waals surface area contributed by atoms with E-state index in [1.165, 1.54) is 0 Å². The number of amides is 2. The zero-order valence-electron chi connectivity index (χ0n) is 13.3. The van der Waals surface area contributed by atoms with Gasteiger partial charge >= 0.3 is 0 Å². The molecule has 5 heteroatoms. The van der Waals surface area contributed by atoms with Crippen molar-refractivity contribution < 1.29 is 9.59 Å². The van der Waals surface area contributed by atoms with Gasteiger partial charge in [-0.25, -0.2) is 0 Å². The smallest absolute Gasteiger partial charge is 0.253 e. The molecule has 1 saturated heterocycles. The number of carbonyl (C=O) groups is 2. The topological polar surface area (TPSA) is 49.4 Å². The summed E-state index contributed by atoms with van der Waals surface area (Å²) in [6.07, 6.45) is 2.13. The molecule has 0 aromatic heterocycles. The van der Waals surface area contributed by atoms with Crippen LogP contribution in [0.25, 0.3) is 0 Å². The Hall–Kier alpha value is -2.33. The Balaban J connectivity index is 1.59. The monoisotopic (exact) mass is 342 g/mol. The van der Waals surface area contributed by atoms with E-state index in [1.54, 1.807) is 36.4 Å². The molecule has 4 nitrogen and oxygen atoms in total. The van der Waals surface area contributed by atoms with Crippen LogP contribution in [-0.2, 0) is 6.54 Å². The Bertz CT molecular complexity index is 720. The van der Waals surface area contributed by atoms with Gasteiger partial charge in [-0.05, 0) is 54.8 Å². The maximum Gasteiger partial charge on any atom is 0.253 e. The van der Waals surface area contributed by atoms with Crippen molar-refractivity contribution >= 4 is 23.4 Å². The van der Waals surface area contributed by atoms with Gasteiger partial charge in [-0.1, -0.05) is 23.7 Å². The zero-order chi connectivity index (χ0) is 16.9. The molecule has 2 aromatic carbocycles. The molecule has 1 aliphatic heterocycles. The molecular weight excluding hydrogens is 324 g/mol. The van der Waals surface area contributed by atoms with E-state index in [0.29, 0.717) is 22.7 Å². The fourth-order valence-electron chi connectivity index (χ4n) is 2.75. The molecule has 3 rings (SSSR count). The third kappa shape index (κ3) is 3.95. The van der Waals surface area contributed by atoms with Crippen LogP contribution in [0.5, 0.6) is 0 Å². The molecule has 24 heavy (non-hydrogen) atoms. The average molecular weight is 343 g/mol. The second-order valence-electron chi connectivity index (χ2n) is 5.89. The molecule has 1 aliphatic rings. The van der Waals surface area contributed by atoms with Crippen LogP contribution in [0.3, 0.4) is 0 Å². The van der Waals surface area contributed by atoms with Gasteiger partial charge in [0.15, 0.2) is 0 Å². The Morgan fingerprint density at radius 1 is 0.917 bits per heavy atom. The van der Waals surface area contributed by atoms with Gasteiger partial charge in [0.25, 0.3) is 11.8 Å². The van der Waals surface area contributed by atoms with E-state index in [0.717, 1.165) is 31.5 Å². The molecule has 124 valence electrons. The summed E-state index contributed by atoms with van der Waals surface area (Å²) < 4.78 is 0. The van der Waals surface area contributed by atoms with Gasteiger partial charge in [-0.2, -0.15) is 0 Å².